The molecule has 0 saturated carbocycles. The van der Waals surface area contributed by atoms with Crippen LogP contribution in [0.4, 0.5) is 5.69 Å². The molecule has 0 fully saturated rings. The van der Waals surface area contributed by atoms with Crippen molar-refractivity contribution in [2.75, 3.05) is 11.9 Å². The van der Waals surface area contributed by atoms with E-state index in [1.165, 1.54) is 0 Å². The van der Waals surface area contributed by atoms with Gasteiger partial charge in [-0.3, -0.25) is 0 Å². The topological polar surface area (TPSA) is 38.3 Å². The smallest absolute Gasteiger partial charge is 0.328 e. The number of nitrogens with one attached hydrogen (secondary N) is 1. The van der Waals surface area contributed by atoms with E-state index in [-0.39, 0.29) is 17.8 Å². The molecule has 2 aliphatic rings. The minimum absolute atomic E-state index is 0.0272. The van der Waals surface area contributed by atoms with Crippen LogP contribution in [-0.4, -0.2) is 18.6 Å². The van der Waals surface area contributed by atoms with E-state index in [9.17, 15) is 4.79 Å². The van der Waals surface area contributed by atoms with E-state index < -0.39 is 6.04 Å². The molecular weight excluding hydrogens is 333 g/mol. The van der Waals surface area contributed by atoms with Crippen LogP contribution in [0.3, 0.4) is 0 Å². The van der Waals surface area contributed by atoms with Crippen LogP contribution in [-0.2, 0) is 9.53 Å². The molecule has 0 amide bonds. The molecule has 1 aromatic carbocycles. The third-order valence-corrected chi connectivity index (χ3v) is 5.12. The van der Waals surface area contributed by atoms with Crippen molar-refractivity contribution >= 4 is 46.5 Å². The molecule has 1 aliphatic carbocycles. The molecule has 0 aromatic heterocycles. The van der Waals surface area contributed by atoms with Crippen molar-refractivity contribution in [2.24, 2.45) is 5.92 Å². The first-order valence-corrected chi connectivity index (χ1v) is 7.95. The van der Waals surface area contributed by atoms with E-state index in [1.54, 1.807) is 13.0 Å². The van der Waals surface area contributed by atoms with Crippen LogP contribution in [0.15, 0.2) is 18.2 Å². The number of ether oxygens (including phenoxy) is 1. The van der Waals surface area contributed by atoms with Crippen molar-refractivity contribution < 1.29 is 9.53 Å². The van der Waals surface area contributed by atoms with E-state index >= 15 is 0 Å². The highest BCUT2D eigenvalue weighted by atomic mass is 35.5. The molecule has 1 N–H and O–H groups in total. The highest BCUT2D eigenvalue weighted by molar-refractivity contribution is 6.44. The standard InChI is InChI=1S/C15H14Cl3NO2/c1-2-21-15(20)13-8-5-3-4-7(8)11-12(18)9(16)6-10(17)14(11)19-13/h3-4,6-8,13,19H,2,5H2,1H3/t7-,8+,13-/m1/s1. The highest BCUT2D eigenvalue weighted by Crippen LogP contribution is 2.51. The lowest BCUT2D eigenvalue weighted by Crippen LogP contribution is -2.43. The number of anilines is 1. The lowest BCUT2D eigenvalue weighted by molar-refractivity contribution is -0.145. The van der Waals surface area contributed by atoms with E-state index in [2.05, 4.69) is 17.5 Å². The van der Waals surface area contributed by atoms with Gasteiger partial charge in [0.1, 0.15) is 6.04 Å². The molecule has 0 unspecified atom stereocenters. The van der Waals surface area contributed by atoms with Gasteiger partial charge in [0.05, 0.1) is 27.4 Å². The molecule has 1 heterocycles. The molecule has 0 saturated heterocycles. The fraction of sp³-hybridized carbons (Fsp3) is 0.400. The number of hydrogen-bond donors (Lipinski definition) is 1. The summed E-state index contributed by atoms with van der Waals surface area (Å²) in [6.07, 6.45) is 4.92. The lowest BCUT2D eigenvalue weighted by atomic mass is 9.79. The maximum absolute atomic E-state index is 12.2. The molecule has 1 aliphatic heterocycles. The molecule has 0 spiro atoms. The minimum Gasteiger partial charge on any atom is -0.464 e. The Morgan fingerprint density at radius 2 is 2.14 bits per heavy atom. The summed E-state index contributed by atoms with van der Waals surface area (Å²) in [5.41, 5.74) is 1.55. The monoisotopic (exact) mass is 345 g/mol. The zero-order valence-corrected chi connectivity index (χ0v) is 13.6. The molecule has 0 radical (unpaired) electrons. The van der Waals surface area contributed by atoms with Crippen LogP contribution in [0, 0.1) is 5.92 Å². The Labute approximate surface area is 138 Å². The first-order chi connectivity index (χ1) is 10.0. The number of halogens is 3. The maximum Gasteiger partial charge on any atom is 0.328 e. The third-order valence-electron chi connectivity index (χ3n) is 4.02. The molecule has 3 atom stereocenters. The number of rotatable bonds is 2. The fourth-order valence-corrected chi connectivity index (χ4v) is 3.93. The summed E-state index contributed by atoms with van der Waals surface area (Å²) < 4.78 is 5.17. The number of hydrogen-bond acceptors (Lipinski definition) is 3. The van der Waals surface area contributed by atoms with Crippen LogP contribution in [0.1, 0.15) is 24.8 Å². The zero-order valence-electron chi connectivity index (χ0n) is 11.3. The van der Waals surface area contributed by atoms with Crippen molar-refractivity contribution in [3.63, 3.8) is 0 Å². The number of esters is 1. The van der Waals surface area contributed by atoms with Crippen molar-refractivity contribution in [3.05, 3.63) is 38.8 Å². The lowest BCUT2D eigenvalue weighted by Gasteiger charge is -2.36. The summed E-state index contributed by atoms with van der Waals surface area (Å²) in [5.74, 6) is -0.160. The van der Waals surface area contributed by atoms with Crippen LogP contribution >= 0.6 is 34.8 Å². The van der Waals surface area contributed by atoms with Gasteiger partial charge < -0.3 is 10.1 Å². The van der Waals surface area contributed by atoms with Gasteiger partial charge in [-0.05, 0) is 19.4 Å². The van der Waals surface area contributed by atoms with Gasteiger partial charge in [-0.1, -0.05) is 47.0 Å². The Kier molecular flexibility index (Phi) is 4.08. The van der Waals surface area contributed by atoms with Gasteiger partial charge in [-0.2, -0.15) is 0 Å². The molecule has 3 nitrogen and oxygen atoms in total. The summed E-state index contributed by atoms with van der Waals surface area (Å²) in [6.45, 7) is 2.15. The summed E-state index contributed by atoms with van der Waals surface area (Å²) in [5, 5.41) is 4.58. The Hall–Kier alpha value is -0.900. The Bertz CT molecular complexity index is 630. The molecule has 21 heavy (non-hydrogen) atoms. The van der Waals surface area contributed by atoms with Gasteiger partial charge in [0.2, 0.25) is 0 Å². The second-order valence-electron chi connectivity index (χ2n) is 5.17. The largest absolute Gasteiger partial charge is 0.464 e. The summed E-state index contributed by atoms with van der Waals surface area (Å²) >= 11 is 18.8. The van der Waals surface area contributed by atoms with Crippen LogP contribution < -0.4 is 5.32 Å². The van der Waals surface area contributed by atoms with Gasteiger partial charge in [0.25, 0.3) is 0 Å². The first-order valence-electron chi connectivity index (χ1n) is 6.81. The fourth-order valence-electron chi connectivity index (χ4n) is 3.13. The van der Waals surface area contributed by atoms with Gasteiger partial charge in [0.15, 0.2) is 0 Å². The van der Waals surface area contributed by atoms with Crippen molar-refractivity contribution in [1.82, 2.24) is 0 Å². The van der Waals surface area contributed by atoms with E-state index in [0.717, 1.165) is 12.0 Å². The highest BCUT2D eigenvalue weighted by Gasteiger charge is 2.43. The number of carbonyl (C=O) groups is 1. The van der Waals surface area contributed by atoms with Gasteiger partial charge in [0, 0.05) is 17.4 Å². The number of fused-ring (bicyclic) bond motifs is 3. The predicted molar refractivity (Wildman–Crippen MR) is 85.5 cm³/mol. The van der Waals surface area contributed by atoms with E-state index in [1.807, 2.05) is 0 Å². The van der Waals surface area contributed by atoms with Crippen molar-refractivity contribution in [2.45, 2.75) is 25.3 Å². The molecule has 3 rings (SSSR count). The molecule has 0 bridgehead atoms. The molecular formula is C15H14Cl3NO2. The van der Waals surface area contributed by atoms with Gasteiger partial charge in [-0.25, -0.2) is 4.79 Å². The van der Waals surface area contributed by atoms with Crippen LogP contribution in [0.5, 0.6) is 0 Å². The molecule has 1 aromatic rings. The number of carbonyl (C=O) groups excluding carboxylic acids is 1. The summed E-state index contributed by atoms with van der Waals surface area (Å²) in [4.78, 5) is 12.2. The first kappa shape index (κ1) is 15.0. The van der Waals surface area contributed by atoms with Gasteiger partial charge in [-0.15, -0.1) is 0 Å². The average Bonchev–Trinajstić information content (AvgIpc) is 2.92. The van der Waals surface area contributed by atoms with Gasteiger partial charge >= 0.3 is 5.97 Å². The Balaban J connectivity index is 2.09. The Morgan fingerprint density at radius 1 is 1.38 bits per heavy atom. The normalized spacial score (nSPS) is 26.0. The maximum atomic E-state index is 12.2. The van der Waals surface area contributed by atoms with Crippen LogP contribution in [0.25, 0.3) is 0 Å². The quantitative estimate of drug-likeness (QED) is 0.481. The van der Waals surface area contributed by atoms with Crippen LogP contribution in [0.2, 0.25) is 15.1 Å². The second-order valence-corrected chi connectivity index (χ2v) is 6.36. The zero-order chi connectivity index (χ0) is 15.1. The van der Waals surface area contributed by atoms with Crippen molar-refractivity contribution in [3.8, 4) is 0 Å². The number of benzene rings is 1. The minimum atomic E-state index is -0.424. The molecule has 112 valence electrons. The SMILES string of the molecule is CCOC(=O)[C@@H]1Nc2c(Cl)cc(Cl)c(Cl)c2[C@@H]2C=CC[C@H]12. The number of allylic oxidation sites excluding steroid dienone is 2. The summed E-state index contributed by atoms with van der Waals surface area (Å²) in [7, 11) is 0. The predicted octanol–water partition coefficient (Wildman–Crippen LogP) is 4.66. The molecule has 6 heteroatoms. The second kappa shape index (κ2) is 5.71. The van der Waals surface area contributed by atoms with E-state index in [0.29, 0.717) is 27.4 Å². The average molecular weight is 347 g/mol. The third kappa shape index (κ3) is 2.41. The van der Waals surface area contributed by atoms with E-state index in [4.69, 9.17) is 39.5 Å². The Morgan fingerprint density at radius 3 is 2.86 bits per heavy atom. The summed E-state index contributed by atoms with van der Waals surface area (Å²) in [6, 6.07) is 1.17. The van der Waals surface area contributed by atoms with Crippen molar-refractivity contribution in [1.29, 1.82) is 0 Å².